The molecule has 0 aliphatic rings. The van der Waals surface area contributed by atoms with E-state index in [-0.39, 0.29) is 6.42 Å². The highest BCUT2D eigenvalue weighted by Crippen LogP contribution is 2.29. The number of amides is 1. The summed E-state index contributed by atoms with van der Waals surface area (Å²) in [4.78, 5) is 12.4. The van der Waals surface area contributed by atoms with Crippen LogP contribution in [0.3, 0.4) is 0 Å². The first-order chi connectivity index (χ1) is 12.1. The molecule has 0 heterocycles. The predicted molar refractivity (Wildman–Crippen MR) is 97.2 cm³/mol. The summed E-state index contributed by atoms with van der Waals surface area (Å²) in [6.45, 7) is 4.00. The highest BCUT2D eigenvalue weighted by Gasteiger charge is 2.40. The van der Waals surface area contributed by atoms with E-state index in [2.05, 4.69) is 17.3 Å². The van der Waals surface area contributed by atoms with E-state index in [1.54, 1.807) is 24.3 Å². The number of nitrogens with one attached hydrogen (secondary N) is 1. The van der Waals surface area contributed by atoms with Crippen molar-refractivity contribution in [2.75, 3.05) is 7.05 Å². The molecule has 1 unspecified atom stereocenters. The first-order valence-electron chi connectivity index (χ1n) is 8.01. The third-order valence-electron chi connectivity index (χ3n) is 3.73. The molecule has 0 aliphatic carbocycles. The highest BCUT2D eigenvalue weighted by molar-refractivity contribution is 5.91. The molecule has 25 heavy (non-hydrogen) atoms. The van der Waals surface area contributed by atoms with Gasteiger partial charge < -0.3 is 5.32 Å². The van der Waals surface area contributed by atoms with Crippen molar-refractivity contribution >= 4 is 5.91 Å². The molecule has 1 N–H and O–H groups in total. The quantitative estimate of drug-likeness (QED) is 0.868. The number of hydrogen-bond acceptors (Lipinski definition) is 2. The summed E-state index contributed by atoms with van der Waals surface area (Å²) in [5.41, 5.74) is 0.526. The molecule has 2 rings (SSSR count). The predicted octanol–water partition coefficient (Wildman–Crippen LogP) is 3.58. The number of likely N-dealkylation sites (N-methyl/N-ethyl adjacent to an activating group) is 1. The number of nitrogens with zero attached hydrogens (tertiary/aromatic N) is 1. The van der Waals surface area contributed by atoms with Crippen molar-refractivity contribution in [1.29, 1.82) is 5.26 Å². The van der Waals surface area contributed by atoms with Gasteiger partial charge in [-0.25, -0.2) is 4.39 Å². The van der Waals surface area contributed by atoms with E-state index < -0.39 is 17.1 Å². The van der Waals surface area contributed by atoms with Crippen molar-refractivity contribution in [3.05, 3.63) is 71.0 Å². The fourth-order valence-electron chi connectivity index (χ4n) is 2.44. The topological polar surface area (TPSA) is 52.9 Å². The second kappa shape index (κ2) is 9.25. The fourth-order valence-corrected chi connectivity index (χ4v) is 2.44. The summed E-state index contributed by atoms with van der Waals surface area (Å²) < 4.78 is 13.2. The number of terminal acetylenes is 1. The Hall–Kier alpha value is -3.11. The average Bonchev–Trinajstić information content (AvgIpc) is 2.68. The van der Waals surface area contributed by atoms with Crippen LogP contribution in [0.1, 0.15) is 30.5 Å². The molecule has 0 aliphatic heterocycles. The smallest absolute Gasteiger partial charge is 0.245 e. The molecule has 0 saturated carbocycles. The minimum Gasteiger partial charge on any atom is -0.357 e. The van der Waals surface area contributed by atoms with Crippen LogP contribution in [-0.4, -0.2) is 13.0 Å². The summed E-state index contributed by atoms with van der Waals surface area (Å²) in [5, 5.41) is 12.3. The van der Waals surface area contributed by atoms with E-state index in [9.17, 15) is 14.4 Å². The molecule has 128 valence electrons. The average molecular weight is 336 g/mol. The van der Waals surface area contributed by atoms with Crippen molar-refractivity contribution in [2.24, 2.45) is 0 Å². The Balaban J connectivity index is 0.00000151. The lowest BCUT2D eigenvalue weighted by Crippen LogP contribution is -2.43. The SMILES string of the molecule is C#Cc1ccc(CC(C#N)(C(=O)NC)c2ccc(F)cc2)cc1.CC. The summed E-state index contributed by atoms with van der Waals surface area (Å²) in [6, 6.07) is 14.6. The van der Waals surface area contributed by atoms with Crippen LogP contribution < -0.4 is 5.32 Å². The Labute approximate surface area is 148 Å². The molecular formula is C21H21FN2O. The van der Waals surface area contributed by atoms with Gasteiger partial charge in [-0.3, -0.25) is 4.79 Å². The van der Waals surface area contributed by atoms with Crippen LogP contribution in [0.25, 0.3) is 0 Å². The lowest BCUT2D eigenvalue weighted by atomic mass is 9.76. The molecule has 1 atom stereocenters. The standard InChI is InChI=1S/C19H15FN2O.C2H6/c1-3-14-4-6-15(7-5-14)12-19(13-21,18(23)22-2)16-8-10-17(20)11-9-16;1-2/h1,4-11H,12H2,2H3,(H,22,23);1-2H3. The van der Waals surface area contributed by atoms with Crippen molar-refractivity contribution in [1.82, 2.24) is 5.32 Å². The minimum atomic E-state index is -1.43. The summed E-state index contributed by atoms with van der Waals surface area (Å²) in [5.74, 6) is 1.66. The molecule has 0 aromatic heterocycles. The maximum absolute atomic E-state index is 13.2. The molecule has 3 nitrogen and oxygen atoms in total. The molecule has 0 spiro atoms. The zero-order chi connectivity index (χ0) is 18.9. The van der Waals surface area contributed by atoms with Gasteiger partial charge in [0, 0.05) is 19.0 Å². The van der Waals surface area contributed by atoms with Crippen LogP contribution >= 0.6 is 0 Å². The van der Waals surface area contributed by atoms with Gasteiger partial charge in [0.15, 0.2) is 5.41 Å². The van der Waals surface area contributed by atoms with E-state index in [1.807, 2.05) is 13.8 Å². The minimum absolute atomic E-state index is 0.166. The Morgan fingerprint density at radius 2 is 1.72 bits per heavy atom. The molecule has 0 bridgehead atoms. The maximum atomic E-state index is 13.2. The molecular weight excluding hydrogens is 315 g/mol. The van der Waals surface area contributed by atoms with Gasteiger partial charge in [0.05, 0.1) is 6.07 Å². The zero-order valence-corrected chi connectivity index (χ0v) is 14.6. The number of carbonyl (C=O) groups is 1. The summed E-state index contributed by atoms with van der Waals surface area (Å²) in [6.07, 6.45) is 5.49. The van der Waals surface area contributed by atoms with E-state index in [0.29, 0.717) is 5.56 Å². The van der Waals surface area contributed by atoms with Gasteiger partial charge in [-0.05, 0) is 35.4 Å². The lowest BCUT2D eigenvalue weighted by molar-refractivity contribution is -0.124. The van der Waals surface area contributed by atoms with Gasteiger partial charge in [0.2, 0.25) is 5.91 Å². The van der Waals surface area contributed by atoms with Crippen molar-refractivity contribution < 1.29 is 9.18 Å². The third-order valence-corrected chi connectivity index (χ3v) is 3.73. The Morgan fingerprint density at radius 3 is 2.16 bits per heavy atom. The Morgan fingerprint density at radius 1 is 1.16 bits per heavy atom. The number of rotatable bonds is 4. The summed E-state index contributed by atoms with van der Waals surface area (Å²) >= 11 is 0. The van der Waals surface area contributed by atoms with E-state index >= 15 is 0 Å². The number of benzene rings is 2. The van der Waals surface area contributed by atoms with Gasteiger partial charge in [-0.1, -0.05) is 44.0 Å². The van der Waals surface area contributed by atoms with Gasteiger partial charge in [0.1, 0.15) is 5.82 Å². The molecule has 2 aromatic rings. The van der Waals surface area contributed by atoms with Crippen LogP contribution in [0.4, 0.5) is 4.39 Å². The van der Waals surface area contributed by atoms with Gasteiger partial charge >= 0.3 is 0 Å². The first-order valence-corrected chi connectivity index (χ1v) is 8.01. The van der Waals surface area contributed by atoms with Crippen LogP contribution in [-0.2, 0) is 16.6 Å². The number of halogens is 1. The first kappa shape index (κ1) is 19.9. The molecule has 1 amide bonds. The Kier molecular flexibility index (Phi) is 7.38. The molecule has 0 fully saturated rings. The highest BCUT2D eigenvalue weighted by atomic mass is 19.1. The van der Waals surface area contributed by atoms with Crippen molar-refractivity contribution in [2.45, 2.75) is 25.7 Å². The fraction of sp³-hybridized carbons (Fsp3) is 0.238. The van der Waals surface area contributed by atoms with E-state index in [1.165, 1.54) is 31.3 Å². The van der Waals surface area contributed by atoms with E-state index in [0.717, 1.165) is 11.1 Å². The Bertz CT molecular complexity index is 783. The second-order valence-corrected chi connectivity index (χ2v) is 5.12. The maximum Gasteiger partial charge on any atom is 0.245 e. The van der Waals surface area contributed by atoms with Gasteiger partial charge in [-0.2, -0.15) is 5.26 Å². The van der Waals surface area contributed by atoms with Crippen LogP contribution in [0.2, 0.25) is 0 Å². The van der Waals surface area contributed by atoms with E-state index in [4.69, 9.17) is 6.42 Å². The summed E-state index contributed by atoms with van der Waals surface area (Å²) in [7, 11) is 1.47. The van der Waals surface area contributed by atoms with Crippen LogP contribution in [0.5, 0.6) is 0 Å². The van der Waals surface area contributed by atoms with Crippen LogP contribution in [0, 0.1) is 29.5 Å². The molecule has 4 heteroatoms. The zero-order valence-electron chi connectivity index (χ0n) is 14.6. The second-order valence-electron chi connectivity index (χ2n) is 5.12. The monoisotopic (exact) mass is 336 g/mol. The van der Waals surface area contributed by atoms with Gasteiger partial charge in [-0.15, -0.1) is 6.42 Å². The van der Waals surface area contributed by atoms with Gasteiger partial charge in [0.25, 0.3) is 0 Å². The van der Waals surface area contributed by atoms with Crippen molar-refractivity contribution in [3.63, 3.8) is 0 Å². The molecule has 0 radical (unpaired) electrons. The van der Waals surface area contributed by atoms with Crippen LogP contribution in [0.15, 0.2) is 48.5 Å². The number of nitriles is 1. The normalized spacial score (nSPS) is 11.8. The number of carbonyl (C=O) groups excluding carboxylic acids is 1. The molecule has 0 saturated heterocycles. The van der Waals surface area contributed by atoms with Crippen molar-refractivity contribution in [3.8, 4) is 18.4 Å². The lowest BCUT2D eigenvalue weighted by Gasteiger charge is -2.25. The molecule has 2 aromatic carbocycles. The number of hydrogen-bond donors (Lipinski definition) is 1. The third kappa shape index (κ3) is 4.46. The largest absolute Gasteiger partial charge is 0.357 e.